The van der Waals surface area contributed by atoms with E-state index in [0.717, 1.165) is 29.9 Å². The zero-order valence-electron chi connectivity index (χ0n) is 25.1. The molecule has 5 rings (SSSR count). The fourth-order valence-electron chi connectivity index (χ4n) is 5.36. The van der Waals surface area contributed by atoms with Crippen LogP contribution in [0, 0.1) is 0 Å². The topological polar surface area (TPSA) is 101 Å². The van der Waals surface area contributed by atoms with Crippen molar-refractivity contribution in [1.29, 1.82) is 0 Å². The molecule has 0 aliphatic rings. The Kier molecular flexibility index (Phi) is 11.0. The monoisotopic (exact) mass is 577 g/mol. The third kappa shape index (κ3) is 8.79. The molecule has 3 aromatic heterocycles. The predicted octanol–water partition coefficient (Wildman–Crippen LogP) is 4.72. The smallest absolute Gasteiger partial charge is 0.0588 e. The quantitative estimate of drug-likeness (QED) is 0.108. The fraction of sp³-hybridized carbons (Fsp3) is 0.314. The van der Waals surface area contributed by atoms with Gasteiger partial charge in [0.05, 0.1) is 30.3 Å². The normalized spacial score (nSPS) is 13.8. The van der Waals surface area contributed by atoms with Crippen molar-refractivity contribution in [2.24, 2.45) is 0 Å². The van der Waals surface area contributed by atoms with Crippen LogP contribution in [0.4, 0.5) is 0 Å². The number of aliphatic hydroxyl groups is 1. The second kappa shape index (κ2) is 15.5. The summed E-state index contributed by atoms with van der Waals surface area (Å²) in [4.78, 5) is 14.7. The minimum absolute atomic E-state index is 0.0218. The molecule has 0 spiro atoms. The Morgan fingerprint density at radius 1 is 0.721 bits per heavy atom. The van der Waals surface area contributed by atoms with E-state index in [2.05, 4.69) is 92.1 Å². The van der Waals surface area contributed by atoms with Gasteiger partial charge >= 0.3 is 0 Å². The third-order valence-electron chi connectivity index (χ3n) is 7.95. The van der Waals surface area contributed by atoms with Crippen LogP contribution in [0.1, 0.15) is 41.9 Å². The second-order valence-electron chi connectivity index (χ2n) is 11.1. The van der Waals surface area contributed by atoms with Crippen molar-refractivity contribution in [3.05, 3.63) is 132 Å². The van der Waals surface area contributed by atoms with Crippen molar-refractivity contribution in [1.82, 2.24) is 35.8 Å². The molecular weight excluding hydrogens is 534 g/mol. The van der Waals surface area contributed by atoms with Crippen LogP contribution in [0.3, 0.4) is 0 Å². The molecule has 0 fully saturated rings. The van der Waals surface area contributed by atoms with Crippen LogP contribution in [0.25, 0.3) is 10.9 Å². The maximum Gasteiger partial charge on any atom is 0.0588 e. The first-order valence-corrected chi connectivity index (χ1v) is 15.1. The molecule has 0 saturated heterocycles. The molecule has 8 heteroatoms. The summed E-state index contributed by atoms with van der Waals surface area (Å²) in [6.45, 7) is 7.34. The number of nitrogens with one attached hydrogen (secondary N) is 4. The summed E-state index contributed by atoms with van der Waals surface area (Å²) >= 11 is 0. The average molecular weight is 578 g/mol. The summed E-state index contributed by atoms with van der Waals surface area (Å²) in [5.74, 6) is 0. The minimum Gasteiger partial charge on any atom is -0.395 e. The van der Waals surface area contributed by atoms with Gasteiger partial charge in [-0.05, 0) is 67.3 Å². The highest BCUT2D eigenvalue weighted by Crippen LogP contribution is 2.19. The molecule has 3 heterocycles. The lowest BCUT2D eigenvalue weighted by molar-refractivity contribution is 0.0965. The van der Waals surface area contributed by atoms with Crippen LogP contribution in [0.2, 0.25) is 0 Å². The standard InChI is InChI=1S/C35H43N7O/c1-26(38-22-31-9-5-7-17-36-31)42(27(2)39-23-32-10-6-8-18-37-32)24-29-15-13-28(14-16-29)20-40-33(25-43)19-30-21-41-35-12-4-3-11-34(30)35/h3-18,21,26-27,33,38-41,43H,19-20,22-25H2,1-2H3. The number of pyridine rings is 2. The molecule has 5 N–H and O–H groups in total. The zero-order chi connectivity index (χ0) is 29.9. The van der Waals surface area contributed by atoms with Crippen molar-refractivity contribution in [2.45, 2.75) is 64.8 Å². The predicted molar refractivity (Wildman–Crippen MR) is 173 cm³/mol. The number of fused-ring (bicyclic) bond motifs is 1. The van der Waals surface area contributed by atoms with Crippen LogP contribution in [0.5, 0.6) is 0 Å². The molecule has 5 aromatic rings. The molecule has 0 bridgehead atoms. The Bertz CT molecular complexity index is 1460. The second-order valence-corrected chi connectivity index (χ2v) is 11.1. The van der Waals surface area contributed by atoms with Crippen molar-refractivity contribution >= 4 is 10.9 Å². The number of nitrogens with zero attached hydrogens (tertiary/aromatic N) is 3. The van der Waals surface area contributed by atoms with E-state index in [0.29, 0.717) is 19.6 Å². The van der Waals surface area contributed by atoms with E-state index in [1.807, 2.05) is 61.1 Å². The summed E-state index contributed by atoms with van der Waals surface area (Å²) in [5.41, 5.74) is 6.81. The molecule has 0 aliphatic carbocycles. The summed E-state index contributed by atoms with van der Waals surface area (Å²) in [6, 6.07) is 29.0. The maximum atomic E-state index is 10.1. The zero-order valence-corrected chi connectivity index (χ0v) is 25.1. The first-order chi connectivity index (χ1) is 21.1. The lowest BCUT2D eigenvalue weighted by Crippen LogP contribution is -2.52. The fourth-order valence-corrected chi connectivity index (χ4v) is 5.36. The van der Waals surface area contributed by atoms with Gasteiger partial charge in [0.25, 0.3) is 0 Å². The van der Waals surface area contributed by atoms with Gasteiger partial charge in [-0.25, -0.2) is 0 Å². The molecule has 0 saturated carbocycles. The van der Waals surface area contributed by atoms with Gasteiger partial charge in [0.1, 0.15) is 0 Å². The van der Waals surface area contributed by atoms with Crippen molar-refractivity contribution in [2.75, 3.05) is 6.61 Å². The summed E-state index contributed by atoms with van der Waals surface area (Å²) < 4.78 is 0. The van der Waals surface area contributed by atoms with Crippen LogP contribution in [0.15, 0.2) is 104 Å². The number of aliphatic hydroxyl groups excluding tert-OH is 1. The molecule has 224 valence electrons. The first-order valence-electron chi connectivity index (χ1n) is 15.1. The van der Waals surface area contributed by atoms with E-state index in [4.69, 9.17) is 0 Å². The van der Waals surface area contributed by atoms with Crippen molar-refractivity contribution in [3.63, 3.8) is 0 Å². The average Bonchev–Trinajstić information content (AvgIpc) is 3.47. The lowest BCUT2D eigenvalue weighted by atomic mass is 10.0. The highest BCUT2D eigenvalue weighted by molar-refractivity contribution is 5.83. The van der Waals surface area contributed by atoms with E-state index in [1.165, 1.54) is 22.1 Å². The Balaban J connectivity index is 1.19. The number of aromatic amines is 1. The first kappa shape index (κ1) is 30.5. The SMILES string of the molecule is CC(NCc1ccccn1)N(Cc1ccc(CNC(CO)Cc2c[nH]c3ccccc23)cc1)C(C)NCc1ccccn1. The molecule has 3 unspecified atom stereocenters. The number of para-hydroxylation sites is 1. The lowest BCUT2D eigenvalue weighted by Gasteiger charge is -2.35. The number of H-pyrrole nitrogens is 1. The molecule has 0 aliphatic heterocycles. The van der Waals surface area contributed by atoms with Gasteiger partial charge in [0.2, 0.25) is 0 Å². The van der Waals surface area contributed by atoms with Crippen LogP contribution in [-0.4, -0.2) is 49.9 Å². The van der Waals surface area contributed by atoms with E-state index in [9.17, 15) is 5.11 Å². The molecule has 0 radical (unpaired) electrons. The Hall–Kier alpha value is -3.92. The number of benzene rings is 2. The van der Waals surface area contributed by atoms with E-state index < -0.39 is 0 Å². The van der Waals surface area contributed by atoms with Gasteiger partial charge in [0.15, 0.2) is 0 Å². The highest BCUT2D eigenvalue weighted by atomic mass is 16.3. The molecular formula is C35H43N7O. The molecule has 0 amide bonds. The summed E-state index contributed by atoms with van der Waals surface area (Å²) in [5, 5.41) is 22.1. The molecule has 3 atom stereocenters. The van der Waals surface area contributed by atoms with Gasteiger partial charge < -0.3 is 15.4 Å². The highest BCUT2D eigenvalue weighted by Gasteiger charge is 2.20. The van der Waals surface area contributed by atoms with Crippen LogP contribution in [-0.2, 0) is 32.6 Å². The molecule has 43 heavy (non-hydrogen) atoms. The van der Waals surface area contributed by atoms with Gasteiger partial charge in [-0.3, -0.25) is 25.5 Å². The van der Waals surface area contributed by atoms with Gasteiger partial charge in [-0.15, -0.1) is 0 Å². The third-order valence-corrected chi connectivity index (χ3v) is 7.95. The van der Waals surface area contributed by atoms with Gasteiger partial charge in [-0.2, -0.15) is 0 Å². The Morgan fingerprint density at radius 2 is 1.33 bits per heavy atom. The number of aromatic nitrogens is 3. The summed E-state index contributed by atoms with van der Waals surface area (Å²) in [6.07, 6.45) is 6.68. The van der Waals surface area contributed by atoms with Crippen LogP contribution < -0.4 is 16.0 Å². The Morgan fingerprint density at radius 3 is 1.93 bits per heavy atom. The van der Waals surface area contributed by atoms with Crippen molar-refractivity contribution < 1.29 is 5.11 Å². The van der Waals surface area contributed by atoms with Gasteiger partial charge in [0, 0.05) is 61.7 Å². The molecule has 8 nitrogen and oxygen atoms in total. The number of hydrogen-bond acceptors (Lipinski definition) is 7. The van der Waals surface area contributed by atoms with Gasteiger partial charge in [-0.1, -0.05) is 54.6 Å². The van der Waals surface area contributed by atoms with E-state index in [1.54, 1.807) is 0 Å². The van der Waals surface area contributed by atoms with Crippen LogP contribution >= 0.6 is 0 Å². The summed E-state index contributed by atoms with van der Waals surface area (Å²) in [7, 11) is 0. The maximum absolute atomic E-state index is 10.1. The molecule has 2 aromatic carbocycles. The number of hydrogen-bond donors (Lipinski definition) is 5. The number of rotatable bonds is 16. The van der Waals surface area contributed by atoms with E-state index in [-0.39, 0.29) is 25.0 Å². The van der Waals surface area contributed by atoms with Crippen molar-refractivity contribution in [3.8, 4) is 0 Å². The van der Waals surface area contributed by atoms with E-state index >= 15 is 0 Å². The Labute approximate surface area is 254 Å². The largest absolute Gasteiger partial charge is 0.395 e. The minimum atomic E-state index is -0.0218.